The van der Waals surface area contributed by atoms with Crippen molar-refractivity contribution in [3.05, 3.63) is 71.6 Å². The first-order chi connectivity index (χ1) is 14.5. The third kappa shape index (κ3) is 3.84. The highest BCUT2D eigenvalue weighted by Crippen LogP contribution is 2.22. The molecule has 1 aromatic heterocycles. The number of carbonyl (C=O) groups is 3. The Morgan fingerprint density at radius 3 is 2.30 bits per heavy atom. The molecule has 0 unspecified atom stereocenters. The summed E-state index contributed by atoms with van der Waals surface area (Å²) >= 11 is 0. The van der Waals surface area contributed by atoms with Crippen molar-refractivity contribution in [1.29, 1.82) is 0 Å². The zero-order valence-corrected chi connectivity index (χ0v) is 16.4. The maximum atomic E-state index is 12.4. The van der Waals surface area contributed by atoms with Crippen molar-refractivity contribution in [2.24, 2.45) is 0 Å². The average Bonchev–Trinajstić information content (AvgIpc) is 3.33. The second-order valence-electron chi connectivity index (χ2n) is 7.04. The lowest BCUT2D eigenvalue weighted by Gasteiger charge is -2.17. The first kappa shape index (κ1) is 19.5. The molecule has 0 fully saturated rings. The van der Waals surface area contributed by atoms with E-state index in [0.717, 1.165) is 5.56 Å². The molecule has 3 amide bonds. The molecule has 0 bridgehead atoms. The Morgan fingerprint density at radius 2 is 1.63 bits per heavy atom. The van der Waals surface area contributed by atoms with Crippen LogP contribution in [0.25, 0.3) is 11.4 Å². The van der Waals surface area contributed by atoms with E-state index < -0.39 is 0 Å². The zero-order chi connectivity index (χ0) is 21.1. The molecule has 1 aliphatic rings. The Hall–Kier alpha value is -3.81. The molecule has 0 radical (unpaired) electrons. The van der Waals surface area contributed by atoms with E-state index in [2.05, 4.69) is 10.1 Å². The highest BCUT2D eigenvalue weighted by Gasteiger charge is 2.34. The van der Waals surface area contributed by atoms with Crippen LogP contribution in [0.1, 0.15) is 39.4 Å². The second kappa shape index (κ2) is 8.28. The highest BCUT2D eigenvalue weighted by atomic mass is 16.5. The van der Waals surface area contributed by atoms with Gasteiger partial charge >= 0.3 is 0 Å². The van der Waals surface area contributed by atoms with Crippen molar-refractivity contribution in [3.8, 4) is 11.4 Å². The topological polar surface area (TPSA) is 96.6 Å². The summed E-state index contributed by atoms with van der Waals surface area (Å²) in [6, 6.07) is 16.2. The minimum atomic E-state index is -0.310. The number of hydrogen-bond donors (Lipinski definition) is 0. The van der Waals surface area contributed by atoms with E-state index in [1.54, 1.807) is 31.3 Å². The van der Waals surface area contributed by atoms with Crippen LogP contribution >= 0.6 is 0 Å². The summed E-state index contributed by atoms with van der Waals surface area (Å²) in [6.45, 7) is 0.385. The van der Waals surface area contributed by atoms with Crippen LogP contribution in [-0.4, -0.2) is 51.3 Å². The number of fused-ring (bicyclic) bond motifs is 1. The molecule has 2 aromatic carbocycles. The smallest absolute Gasteiger partial charge is 0.261 e. The van der Waals surface area contributed by atoms with Crippen molar-refractivity contribution in [2.75, 3.05) is 13.6 Å². The second-order valence-corrected chi connectivity index (χ2v) is 7.04. The van der Waals surface area contributed by atoms with E-state index in [4.69, 9.17) is 4.52 Å². The van der Waals surface area contributed by atoms with Crippen LogP contribution in [0.2, 0.25) is 0 Å². The van der Waals surface area contributed by atoms with Gasteiger partial charge in [0.1, 0.15) is 0 Å². The monoisotopic (exact) mass is 404 g/mol. The Morgan fingerprint density at radius 1 is 1.00 bits per heavy atom. The van der Waals surface area contributed by atoms with E-state index in [1.165, 1.54) is 9.80 Å². The van der Waals surface area contributed by atoms with E-state index in [0.29, 0.717) is 29.3 Å². The van der Waals surface area contributed by atoms with Crippen molar-refractivity contribution >= 4 is 17.7 Å². The molecule has 0 spiro atoms. The first-order valence-corrected chi connectivity index (χ1v) is 9.62. The SMILES string of the molecule is CN(Cc1nc(-c2ccccc2)no1)C(=O)CCCN1C(=O)c2ccccc2C1=O. The van der Waals surface area contributed by atoms with Crippen LogP contribution < -0.4 is 0 Å². The molecule has 0 saturated heterocycles. The normalized spacial score (nSPS) is 12.9. The van der Waals surface area contributed by atoms with Crippen LogP contribution in [0.4, 0.5) is 0 Å². The van der Waals surface area contributed by atoms with Gasteiger partial charge in [0.05, 0.1) is 17.7 Å². The third-order valence-electron chi connectivity index (χ3n) is 4.95. The fraction of sp³-hybridized carbons (Fsp3) is 0.227. The van der Waals surface area contributed by atoms with Crippen molar-refractivity contribution in [3.63, 3.8) is 0 Å². The predicted molar refractivity (Wildman–Crippen MR) is 107 cm³/mol. The van der Waals surface area contributed by atoms with Gasteiger partial charge in [-0.15, -0.1) is 0 Å². The zero-order valence-electron chi connectivity index (χ0n) is 16.4. The van der Waals surface area contributed by atoms with Gasteiger partial charge in [-0.1, -0.05) is 47.6 Å². The quantitative estimate of drug-likeness (QED) is 0.562. The molecule has 152 valence electrons. The molecule has 0 saturated carbocycles. The number of amides is 3. The first-order valence-electron chi connectivity index (χ1n) is 9.62. The van der Waals surface area contributed by atoms with Gasteiger partial charge in [0.15, 0.2) is 0 Å². The number of carbonyl (C=O) groups excluding carboxylic acids is 3. The number of imide groups is 1. The average molecular weight is 404 g/mol. The van der Waals surface area contributed by atoms with Gasteiger partial charge in [-0.25, -0.2) is 0 Å². The van der Waals surface area contributed by atoms with Gasteiger partial charge in [-0.05, 0) is 18.6 Å². The summed E-state index contributed by atoms with van der Waals surface area (Å²) in [5.41, 5.74) is 1.66. The van der Waals surface area contributed by atoms with Gasteiger partial charge < -0.3 is 9.42 Å². The number of rotatable bonds is 7. The Labute approximate surface area is 173 Å². The van der Waals surface area contributed by atoms with Gasteiger partial charge in [0.2, 0.25) is 17.6 Å². The Balaban J connectivity index is 1.28. The number of benzene rings is 2. The summed E-state index contributed by atoms with van der Waals surface area (Å²) < 4.78 is 5.24. The maximum absolute atomic E-state index is 12.4. The lowest BCUT2D eigenvalue weighted by atomic mass is 10.1. The van der Waals surface area contributed by atoms with Crippen molar-refractivity contribution in [2.45, 2.75) is 19.4 Å². The Bertz CT molecular complexity index is 1060. The largest absolute Gasteiger partial charge is 0.337 e. The van der Waals surface area contributed by atoms with Crippen LogP contribution in [0, 0.1) is 0 Å². The number of aromatic nitrogens is 2. The van der Waals surface area contributed by atoms with E-state index in [-0.39, 0.29) is 37.2 Å². The lowest BCUT2D eigenvalue weighted by molar-refractivity contribution is -0.130. The van der Waals surface area contributed by atoms with Crippen LogP contribution in [0.3, 0.4) is 0 Å². The van der Waals surface area contributed by atoms with E-state index >= 15 is 0 Å². The molecular formula is C22H20N4O4. The van der Waals surface area contributed by atoms with E-state index in [9.17, 15) is 14.4 Å². The van der Waals surface area contributed by atoms with Crippen LogP contribution in [0.15, 0.2) is 59.1 Å². The summed E-state index contributed by atoms with van der Waals surface area (Å²) in [6.07, 6.45) is 0.581. The molecule has 3 aromatic rings. The molecule has 2 heterocycles. The molecule has 1 aliphatic heterocycles. The molecule has 30 heavy (non-hydrogen) atoms. The number of nitrogens with zero attached hydrogens (tertiary/aromatic N) is 4. The van der Waals surface area contributed by atoms with Crippen molar-refractivity contribution < 1.29 is 18.9 Å². The van der Waals surface area contributed by atoms with Gasteiger partial charge in [0, 0.05) is 25.6 Å². The summed E-state index contributed by atoms with van der Waals surface area (Å²) in [5.74, 6) is 0.0552. The molecular weight excluding hydrogens is 384 g/mol. The predicted octanol–water partition coefficient (Wildman–Crippen LogP) is 2.77. The number of hydrogen-bond acceptors (Lipinski definition) is 6. The third-order valence-corrected chi connectivity index (χ3v) is 4.95. The Kier molecular flexibility index (Phi) is 5.38. The minimum absolute atomic E-state index is 0.133. The van der Waals surface area contributed by atoms with Gasteiger partial charge in [0.25, 0.3) is 11.8 Å². The molecule has 0 N–H and O–H groups in total. The minimum Gasteiger partial charge on any atom is -0.337 e. The fourth-order valence-electron chi connectivity index (χ4n) is 3.34. The summed E-state index contributed by atoms with van der Waals surface area (Å²) in [5, 5.41) is 3.94. The summed E-state index contributed by atoms with van der Waals surface area (Å²) in [7, 11) is 1.65. The fourth-order valence-corrected chi connectivity index (χ4v) is 3.34. The molecule has 0 aliphatic carbocycles. The molecule has 0 atom stereocenters. The molecule has 8 nitrogen and oxygen atoms in total. The van der Waals surface area contributed by atoms with Gasteiger partial charge in [-0.3, -0.25) is 19.3 Å². The lowest BCUT2D eigenvalue weighted by Crippen LogP contribution is -2.32. The molecule has 4 rings (SSSR count). The van der Waals surface area contributed by atoms with Crippen LogP contribution in [-0.2, 0) is 11.3 Å². The van der Waals surface area contributed by atoms with E-state index in [1.807, 2.05) is 30.3 Å². The van der Waals surface area contributed by atoms with Crippen molar-refractivity contribution in [1.82, 2.24) is 19.9 Å². The maximum Gasteiger partial charge on any atom is 0.261 e. The van der Waals surface area contributed by atoms with Crippen LogP contribution in [0.5, 0.6) is 0 Å². The standard InChI is InChI=1S/C22H20N4O4/c1-25(14-18-23-20(24-30-18)15-8-3-2-4-9-15)19(27)12-7-13-26-21(28)16-10-5-6-11-17(16)22(26)29/h2-6,8-11H,7,12-14H2,1H3. The molecule has 8 heteroatoms. The summed E-state index contributed by atoms with van der Waals surface area (Å²) in [4.78, 5) is 44.2. The highest BCUT2D eigenvalue weighted by molar-refractivity contribution is 6.21. The van der Waals surface area contributed by atoms with Gasteiger partial charge in [-0.2, -0.15) is 4.98 Å².